The minimum absolute atomic E-state index is 0.163. The van der Waals surface area contributed by atoms with Crippen molar-refractivity contribution >= 4 is 0 Å². The minimum Gasteiger partial charge on any atom is -0.330 e. The molecule has 0 aromatic heterocycles. The fourth-order valence-electron chi connectivity index (χ4n) is 1.84. The fraction of sp³-hybridized carbons (Fsp3) is 0.538. The van der Waals surface area contributed by atoms with Gasteiger partial charge in [-0.2, -0.15) is 0 Å². The van der Waals surface area contributed by atoms with E-state index in [0.717, 1.165) is 25.8 Å². The van der Waals surface area contributed by atoms with E-state index in [1.54, 1.807) is 0 Å². The molecule has 1 aromatic rings. The maximum atomic E-state index is 6.16. The Labute approximate surface area is 92.7 Å². The fourth-order valence-corrected chi connectivity index (χ4v) is 1.84. The van der Waals surface area contributed by atoms with Crippen LogP contribution in [0.1, 0.15) is 42.0 Å². The highest BCUT2D eigenvalue weighted by Gasteiger charge is 2.09. The minimum atomic E-state index is 0.163. The quantitative estimate of drug-likeness (QED) is 0.727. The molecule has 0 bridgehead atoms. The summed E-state index contributed by atoms with van der Waals surface area (Å²) < 4.78 is 0. The Hall–Kier alpha value is -0.860. The van der Waals surface area contributed by atoms with Crippen LogP contribution in [0, 0.1) is 13.8 Å². The van der Waals surface area contributed by atoms with E-state index < -0.39 is 0 Å². The first-order valence-electron chi connectivity index (χ1n) is 5.68. The molecule has 84 valence electrons. The first-order chi connectivity index (χ1) is 7.16. The van der Waals surface area contributed by atoms with Crippen LogP contribution in [0.3, 0.4) is 0 Å². The van der Waals surface area contributed by atoms with E-state index in [4.69, 9.17) is 11.5 Å². The summed E-state index contributed by atoms with van der Waals surface area (Å²) in [5.41, 5.74) is 15.6. The van der Waals surface area contributed by atoms with Crippen LogP contribution in [-0.4, -0.2) is 6.54 Å². The molecule has 0 spiro atoms. The second-order valence-corrected chi connectivity index (χ2v) is 4.18. The van der Waals surface area contributed by atoms with Crippen LogP contribution in [0.4, 0.5) is 0 Å². The molecule has 2 heteroatoms. The summed E-state index contributed by atoms with van der Waals surface area (Å²) in [7, 11) is 0. The maximum absolute atomic E-state index is 6.16. The second-order valence-electron chi connectivity index (χ2n) is 4.18. The lowest BCUT2D eigenvalue weighted by atomic mass is 9.95. The Kier molecular flexibility index (Phi) is 4.79. The molecule has 1 aromatic carbocycles. The molecule has 0 heterocycles. The summed E-state index contributed by atoms with van der Waals surface area (Å²) in [5.74, 6) is 0. The molecular formula is C13H22N2. The van der Waals surface area contributed by atoms with Gasteiger partial charge in [0.15, 0.2) is 0 Å². The highest BCUT2D eigenvalue weighted by molar-refractivity contribution is 5.35. The van der Waals surface area contributed by atoms with Crippen molar-refractivity contribution in [2.75, 3.05) is 6.54 Å². The molecule has 0 radical (unpaired) electrons. The molecule has 0 aliphatic rings. The molecule has 4 N–H and O–H groups in total. The van der Waals surface area contributed by atoms with Gasteiger partial charge in [0.2, 0.25) is 0 Å². The second kappa shape index (κ2) is 5.89. The van der Waals surface area contributed by atoms with Crippen LogP contribution < -0.4 is 11.5 Å². The van der Waals surface area contributed by atoms with Crippen LogP contribution in [0.15, 0.2) is 18.2 Å². The molecule has 2 nitrogen and oxygen atoms in total. The van der Waals surface area contributed by atoms with Crippen LogP contribution >= 0.6 is 0 Å². The SMILES string of the molecule is Cc1cccc([C@H](N)CCCCN)c1C. The van der Waals surface area contributed by atoms with Gasteiger partial charge in [0.05, 0.1) is 0 Å². The van der Waals surface area contributed by atoms with Crippen molar-refractivity contribution in [1.29, 1.82) is 0 Å². The van der Waals surface area contributed by atoms with Gasteiger partial charge in [-0.25, -0.2) is 0 Å². The third-order valence-corrected chi connectivity index (χ3v) is 3.02. The summed E-state index contributed by atoms with van der Waals surface area (Å²) >= 11 is 0. The van der Waals surface area contributed by atoms with Gasteiger partial charge >= 0.3 is 0 Å². The number of rotatable bonds is 5. The summed E-state index contributed by atoms with van der Waals surface area (Å²) in [4.78, 5) is 0. The first kappa shape index (κ1) is 12.2. The van der Waals surface area contributed by atoms with Crippen molar-refractivity contribution in [2.45, 2.75) is 39.2 Å². The van der Waals surface area contributed by atoms with E-state index in [1.807, 2.05) is 0 Å². The maximum Gasteiger partial charge on any atom is 0.0297 e. The van der Waals surface area contributed by atoms with Gasteiger partial charge in [0.1, 0.15) is 0 Å². The zero-order valence-corrected chi connectivity index (χ0v) is 9.79. The molecule has 0 aliphatic heterocycles. The monoisotopic (exact) mass is 206 g/mol. The van der Waals surface area contributed by atoms with Gasteiger partial charge in [-0.15, -0.1) is 0 Å². The van der Waals surface area contributed by atoms with E-state index in [9.17, 15) is 0 Å². The number of benzene rings is 1. The zero-order chi connectivity index (χ0) is 11.3. The topological polar surface area (TPSA) is 52.0 Å². The van der Waals surface area contributed by atoms with Crippen LogP contribution in [0.2, 0.25) is 0 Å². The Morgan fingerprint density at radius 3 is 2.60 bits per heavy atom. The zero-order valence-electron chi connectivity index (χ0n) is 9.79. The molecule has 0 aliphatic carbocycles. The number of unbranched alkanes of at least 4 members (excludes halogenated alkanes) is 1. The van der Waals surface area contributed by atoms with Crippen molar-refractivity contribution in [2.24, 2.45) is 11.5 Å². The molecule has 0 saturated carbocycles. The highest BCUT2D eigenvalue weighted by Crippen LogP contribution is 2.22. The van der Waals surface area contributed by atoms with Crippen molar-refractivity contribution < 1.29 is 0 Å². The number of hydrogen-bond donors (Lipinski definition) is 2. The number of nitrogens with two attached hydrogens (primary N) is 2. The first-order valence-corrected chi connectivity index (χ1v) is 5.68. The van der Waals surface area contributed by atoms with Gasteiger partial charge < -0.3 is 11.5 Å². The van der Waals surface area contributed by atoms with Crippen LogP contribution in [0.25, 0.3) is 0 Å². The lowest BCUT2D eigenvalue weighted by Gasteiger charge is -2.15. The molecule has 0 unspecified atom stereocenters. The number of hydrogen-bond acceptors (Lipinski definition) is 2. The summed E-state index contributed by atoms with van der Waals surface area (Å²) in [6.07, 6.45) is 3.21. The van der Waals surface area contributed by atoms with E-state index in [-0.39, 0.29) is 6.04 Å². The van der Waals surface area contributed by atoms with Gasteiger partial charge in [-0.3, -0.25) is 0 Å². The molecule has 15 heavy (non-hydrogen) atoms. The summed E-state index contributed by atoms with van der Waals surface area (Å²) in [6, 6.07) is 6.51. The van der Waals surface area contributed by atoms with Crippen molar-refractivity contribution in [1.82, 2.24) is 0 Å². The van der Waals surface area contributed by atoms with Crippen molar-refractivity contribution in [3.05, 3.63) is 34.9 Å². The third kappa shape index (κ3) is 3.33. The lowest BCUT2D eigenvalue weighted by Crippen LogP contribution is -2.13. The van der Waals surface area contributed by atoms with E-state index in [0.29, 0.717) is 0 Å². The van der Waals surface area contributed by atoms with E-state index in [1.165, 1.54) is 16.7 Å². The smallest absolute Gasteiger partial charge is 0.0297 e. The molecule has 1 atom stereocenters. The van der Waals surface area contributed by atoms with Crippen LogP contribution in [-0.2, 0) is 0 Å². The highest BCUT2D eigenvalue weighted by atomic mass is 14.6. The molecule has 0 amide bonds. The van der Waals surface area contributed by atoms with Gasteiger partial charge in [0.25, 0.3) is 0 Å². The molecular weight excluding hydrogens is 184 g/mol. The Bertz CT molecular complexity index is 307. The Morgan fingerprint density at radius 2 is 1.93 bits per heavy atom. The largest absolute Gasteiger partial charge is 0.330 e. The van der Waals surface area contributed by atoms with Crippen LogP contribution in [0.5, 0.6) is 0 Å². The van der Waals surface area contributed by atoms with E-state index in [2.05, 4.69) is 32.0 Å². The molecule has 1 rings (SSSR count). The standard InChI is InChI=1S/C13H22N2/c1-10-6-5-7-12(11(10)2)13(15)8-3-4-9-14/h5-7,13H,3-4,8-9,14-15H2,1-2H3/t13-/m1/s1. The predicted octanol–water partition coefficient (Wildman–Crippen LogP) is 2.43. The normalized spacial score (nSPS) is 12.8. The summed E-state index contributed by atoms with van der Waals surface area (Å²) in [5, 5.41) is 0. The van der Waals surface area contributed by atoms with Gasteiger partial charge in [-0.05, 0) is 49.9 Å². The predicted molar refractivity (Wildman–Crippen MR) is 65.7 cm³/mol. The Morgan fingerprint density at radius 1 is 1.20 bits per heavy atom. The average molecular weight is 206 g/mol. The van der Waals surface area contributed by atoms with Gasteiger partial charge in [-0.1, -0.05) is 24.6 Å². The third-order valence-electron chi connectivity index (χ3n) is 3.02. The Balaban J connectivity index is 2.65. The van der Waals surface area contributed by atoms with Gasteiger partial charge in [0, 0.05) is 6.04 Å². The average Bonchev–Trinajstić information content (AvgIpc) is 2.22. The molecule has 0 saturated heterocycles. The van der Waals surface area contributed by atoms with E-state index >= 15 is 0 Å². The van der Waals surface area contributed by atoms with Crippen molar-refractivity contribution in [3.63, 3.8) is 0 Å². The number of aryl methyl sites for hydroxylation is 1. The molecule has 0 fully saturated rings. The summed E-state index contributed by atoms with van der Waals surface area (Å²) in [6.45, 7) is 5.04. The van der Waals surface area contributed by atoms with Crippen molar-refractivity contribution in [3.8, 4) is 0 Å². The lowest BCUT2D eigenvalue weighted by molar-refractivity contribution is 0.588.